The molecular weight excluding hydrogens is 280 g/mol. The molecule has 1 heterocycles. The Labute approximate surface area is 128 Å². The summed E-state index contributed by atoms with van der Waals surface area (Å²) in [7, 11) is -1.19. The Kier molecular flexibility index (Phi) is 5.72. The fourth-order valence-electron chi connectivity index (χ4n) is 1.46. The third-order valence-electron chi connectivity index (χ3n) is 2.44. The first-order valence-electron chi connectivity index (χ1n) is 7.16. The van der Waals surface area contributed by atoms with Crippen LogP contribution in [0.3, 0.4) is 0 Å². The molecular formula is C16H26N2O2Si. The summed E-state index contributed by atoms with van der Waals surface area (Å²) in [6, 6.07) is 3.93. The lowest BCUT2D eigenvalue weighted by molar-refractivity contribution is 0.0523. The van der Waals surface area contributed by atoms with E-state index in [0.29, 0.717) is 6.54 Å². The first-order chi connectivity index (χ1) is 9.55. The van der Waals surface area contributed by atoms with E-state index >= 15 is 0 Å². The largest absolute Gasteiger partial charge is 0.444 e. The Morgan fingerprint density at radius 2 is 2.00 bits per heavy atom. The van der Waals surface area contributed by atoms with Gasteiger partial charge in [0.25, 0.3) is 0 Å². The molecule has 4 nitrogen and oxygen atoms in total. The summed E-state index contributed by atoms with van der Waals surface area (Å²) >= 11 is 0. The van der Waals surface area contributed by atoms with Crippen molar-refractivity contribution in [2.24, 2.45) is 0 Å². The van der Waals surface area contributed by atoms with Gasteiger partial charge in [-0.1, -0.05) is 37.5 Å². The first kappa shape index (κ1) is 17.4. The van der Waals surface area contributed by atoms with Gasteiger partial charge >= 0.3 is 6.09 Å². The minimum Gasteiger partial charge on any atom is -0.444 e. The second kappa shape index (κ2) is 6.89. The molecule has 0 atom stereocenters. The van der Waals surface area contributed by atoms with Crippen LogP contribution in [0, 0.1) is 0 Å². The predicted octanol–water partition coefficient (Wildman–Crippen LogP) is 4.00. The maximum absolute atomic E-state index is 11.5. The van der Waals surface area contributed by atoms with Crippen LogP contribution < -0.4 is 5.32 Å². The van der Waals surface area contributed by atoms with Crippen molar-refractivity contribution in [3.8, 4) is 0 Å². The highest BCUT2D eigenvalue weighted by Crippen LogP contribution is 2.09. The normalized spacial score (nSPS) is 12.5. The average molecular weight is 306 g/mol. The third kappa shape index (κ3) is 8.29. The van der Waals surface area contributed by atoms with Crippen LogP contribution in [0.1, 0.15) is 32.0 Å². The molecule has 0 aliphatic heterocycles. The van der Waals surface area contributed by atoms with E-state index < -0.39 is 19.8 Å². The molecule has 0 aliphatic rings. The highest BCUT2D eigenvalue weighted by Gasteiger charge is 2.15. The number of aromatic nitrogens is 1. The highest BCUT2D eigenvalue weighted by atomic mass is 28.3. The number of carbonyl (C=O) groups excluding carboxylic acids is 1. The minimum atomic E-state index is -1.19. The molecule has 1 aromatic rings. The number of alkyl carbamates (subject to hydrolysis) is 1. The summed E-state index contributed by atoms with van der Waals surface area (Å²) in [6.45, 7) is 12.7. The number of ether oxygens (including phenoxy) is 1. The molecule has 0 fully saturated rings. The number of nitrogens with zero attached hydrogens (tertiary/aromatic N) is 1. The smallest absolute Gasteiger partial charge is 0.407 e. The van der Waals surface area contributed by atoms with Crippen molar-refractivity contribution in [3.05, 3.63) is 35.3 Å². The van der Waals surface area contributed by atoms with Crippen molar-refractivity contribution in [1.82, 2.24) is 10.3 Å². The van der Waals surface area contributed by atoms with Gasteiger partial charge in [0.15, 0.2) is 0 Å². The number of carbonyl (C=O) groups is 1. The Balaban J connectivity index is 2.52. The molecule has 1 aromatic heterocycles. The topological polar surface area (TPSA) is 51.2 Å². The van der Waals surface area contributed by atoms with E-state index in [9.17, 15) is 4.79 Å². The SMILES string of the molecule is CC(C)(C)OC(=O)NCc1ccc(C=C[Si](C)(C)C)cn1. The highest BCUT2D eigenvalue weighted by molar-refractivity contribution is 6.81. The molecule has 21 heavy (non-hydrogen) atoms. The maximum atomic E-state index is 11.5. The zero-order valence-electron chi connectivity index (χ0n) is 13.9. The van der Waals surface area contributed by atoms with Gasteiger partial charge in [-0.25, -0.2) is 4.79 Å². The lowest BCUT2D eigenvalue weighted by atomic mass is 10.2. The number of nitrogens with one attached hydrogen (secondary N) is 1. The van der Waals surface area contributed by atoms with Crippen LogP contribution >= 0.6 is 0 Å². The number of hydrogen-bond acceptors (Lipinski definition) is 3. The lowest BCUT2D eigenvalue weighted by Gasteiger charge is -2.19. The molecule has 0 saturated carbocycles. The van der Waals surface area contributed by atoms with Gasteiger partial charge in [0.1, 0.15) is 5.60 Å². The number of rotatable bonds is 4. The molecule has 0 saturated heterocycles. The monoisotopic (exact) mass is 306 g/mol. The van der Waals surface area contributed by atoms with E-state index in [2.05, 4.69) is 41.7 Å². The molecule has 0 bridgehead atoms. The average Bonchev–Trinajstić information content (AvgIpc) is 2.32. The van der Waals surface area contributed by atoms with Crippen molar-refractivity contribution < 1.29 is 9.53 Å². The minimum absolute atomic E-state index is 0.368. The third-order valence-corrected chi connectivity index (χ3v) is 3.60. The van der Waals surface area contributed by atoms with E-state index in [1.54, 1.807) is 0 Å². The van der Waals surface area contributed by atoms with Gasteiger partial charge in [-0.05, 0) is 32.4 Å². The van der Waals surface area contributed by atoms with Crippen LogP contribution in [0.2, 0.25) is 19.6 Å². The van der Waals surface area contributed by atoms with Gasteiger partial charge in [0.2, 0.25) is 0 Å². The van der Waals surface area contributed by atoms with Crippen molar-refractivity contribution in [1.29, 1.82) is 0 Å². The maximum Gasteiger partial charge on any atom is 0.407 e. The molecule has 0 aromatic carbocycles. The van der Waals surface area contributed by atoms with Crippen LogP contribution in [0.15, 0.2) is 24.0 Å². The van der Waals surface area contributed by atoms with Crippen molar-refractivity contribution in [3.63, 3.8) is 0 Å². The van der Waals surface area contributed by atoms with Crippen LogP contribution in [0.25, 0.3) is 6.08 Å². The molecule has 1 N–H and O–H groups in total. The fraction of sp³-hybridized carbons (Fsp3) is 0.500. The van der Waals surface area contributed by atoms with Gasteiger partial charge in [0, 0.05) is 6.20 Å². The molecule has 5 heteroatoms. The summed E-state index contributed by atoms with van der Waals surface area (Å²) in [5.41, 5.74) is 3.69. The van der Waals surface area contributed by atoms with Gasteiger partial charge in [-0.3, -0.25) is 4.98 Å². The Hall–Kier alpha value is -1.62. The van der Waals surface area contributed by atoms with Gasteiger partial charge < -0.3 is 10.1 Å². The predicted molar refractivity (Wildman–Crippen MR) is 89.7 cm³/mol. The van der Waals surface area contributed by atoms with Gasteiger partial charge in [0.05, 0.1) is 20.3 Å². The first-order valence-corrected chi connectivity index (χ1v) is 10.7. The van der Waals surface area contributed by atoms with E-state index in [0.717, 1.165) is 11.3 Å². The van der Waals surface area contributed by atoms with E-state index in [4.69, 9.17) is 4.74 Å². The second-order valence-corrected chi connectivity index (χ2v) is 12.2. The van der Waals surface area contributed by atoms with Crippen molar-refractivity contribution >= 4 is 20.2 Å². The van der Waals surface area contributed by atoms with Crippen molar-refractivity contribution in [2.75, 3.05) is 0 Å². The van der Waals surface area contributed by atoms with Gasteiger partial charge in [-0.15, -0.1) is 0 Å². The van der Waals surface area contributed by atoms with Crippen LogP contribution in [0.4, 0.5) is 4.79 Å². The number of pyridine rings is 1. The summed E-state index contributed by atoms with van der Waals surface area (Å²) in [4.78, 5) is 15.9. The Morgan fingerprint density at radius 3 is 2.48 bits per heavy atom. The van der Waals surface area contributed by atoms with E-state index in [1.165, 1.54) is 0 Å². The summed E-state index contributed by atoms with van der Waals surface area (Å²) < 4.78 is 5.17. The lowest BCUT2D eigenvalue weighted by Crippen LogP contribution is -2.32. The zero-order valence-corrected chi connectivity index (χ0v) is 14.9. The molecule has 116 valence electrons. The molecule has 1 rings (SSSR count). The van der Waals surface area contributed by atoms with E-state index in [1.807, 2.05) is 39.1 Å². The molecule has 0 spiro atoms. The van der Waals surface area contributed by atoms with Crippen LogP contribution in [-0.4, -0.2) is 24.8 Å². The molecule has 0 radical (unpaired) electrons. The van der Waals surface area contributed by atoms with Gasteiger partial charge in [-0.2, -0.15) is 0 Å². The standard InChI is InChI=1S/C16H26N2O2Si/c1-16(2,3)20-15(19)18-12-14-8-7-13(11-17-14)9-10-21(4,5)6/h7-11H,12H2,1-6H3,(H,18,19). The molecule has 0 aliphatic carbocycles. The molecule has 0 unspecified atom stereocenters. The molecule has 1 amide bonds. The Morgan fingerprint density at radius 1 is 1.33 bits per heavy atom. The Bertz CT molecular complexity index is 496. The quantitative estimate of drug-likeness (QED) is 0.856. The summed E-state index contributed by atoms with van der Waals surface area (Å²) in [5.74, 6) is 0. The summed E-state index contributed by atoms with van der Waals surface area (Å²) in [5, 5.41) is 2.70. The van der Waals surface area contributed by atoms with E-state index in [-0.39, 0.29) is 0 Å². The fourth-order valence-corrected chi connectivity index (χ4v) is 2.15. The van der Waals surface area contributed by atoms with Crippen molar-refractivity contribution in [2.45, 2.75) is 52.6 Å². The second-order valence-electron chi connectivity index (χ2n) is 7.14. The number of hydrogen-bond donors (Lipinski definition) is 1. The number of amides is 1. The van der Waals surface area contributed by atoms with Crippen LogP contribution in [-0.2, 0) is 11.3 Å². The summed E-state index contributed by atoms with van der Waals surface area (Å²) in [6.07, 6.45) is 3.51. The zero-order chi connectivity index (χ0) is 16.1. The van der Waals surface area contributed by atoms with Crippen LogP contribution in [0.5, 0.6) is 0 Å².